The van der Waals surface area contributed by atoms with Crippen LogP contribution in [0.1, 0.15) is 65.6 Å². The Bertz CT molecular complexity index is 844. The van der Waals surface area contributed by atoms with E-state index in [9.17, 15) is 4.79 Å². The fourth-order valence-electron chi connectivity index (χ4n) is 4.87. The Morgan fingerprint density at radius 3 is 2.96 bits per heavy atom. The molecule has 132 valence electrons. The highest BCUT2D eigenvalue weighted by Gasteiger charge is 2.59. The maximum atomic E-state index is 12.9. The van der Waals surface area contributed by atoms with E-state index in [2.05, 4.69) is 37.1 Å². The average molecular weight is 359 g/mol. The number of aromatic nitrogens is 2. The van der Waals surface area contributed by atoms with Crippen molar-refractivity contribution in [1.82, 2.24) is 9.78 Å². The molecule has 1 fully saturated rings. The highest BCUT2D eigenvalue weighted by atomic mass is 35.5. The molecule has 1 heterocycles. The van der Waals surface area contributed by atoms with E-state index in [0.29, 0.717) is 22.6 Å². The normalized spacial score (nSPS) is 26.7. The number of ether oxygens (including phenoxy) is 1. The summed E-state index contributed by atoms with van der Waals surface area (Å²) in [5, 5.41) is 4.39. The molecule has 2 aliphatic carbocycles. The highest BCUT2D eigenvalue weighted by molar-refractivity contribution is 6.32. The SMILES string of the molecule is CCCC1C2CCC1(OC(=O)c1cnn(C)c1Cl)c1ccc(C)cc12. The van der Waals surface area contributed by atoms with Gasteiger partial charge in [-0.05, 0) is 43.2 Å². The number of hydrogen-bond acceptors (Lipinski definition) is 3. The van der Waals surface area contributed by atoms with Crippen LogP contribution in [-0.4, -0.2) is 15.7 Å². The van der Waals surface area contributed by atoms with Gasteiger partial charge < -0.3 is 4.74 Å². The standard InChI is InChI=1S/C20H23ClN2O2/c1-4-5-16-13-8-9-20(16,17-7-6-12(2)10-14(13)17)25-19(24)15-11-22-23(3)18(15)21/h6-7,10-11,13,16H,4-5,8-9H2,1-3H3. The van der Waals surface area contributed by atoms with Gasteiger partial charge in [-0.25, -0.2) is 4.79 Å². The van der Waals surface area contributed by atoms with Crippen LogP contribution in [0, 0.1) is 12.8 Å². The number of esters is 1. The largest absolute Gasteiger partial charge is 0.450 e. The molecule has 2 aliphatic rings. The molecule has 0 spiro atoms. The van der Waals surface area contributed by atoms with E-state index in [0.717, 1.165) is 25.7 Å². The van der Waals surface area contributed by atoms with Gasteiger partial charge in [-0.1, -0.05) is 48.7 Å². The molecule has 2 bridgehead atoms. The van der Waals surface area contributed by atoms with Crippen molar-refractivity contribution in [3.63, 3.8) is 0 Å². The molecule has 1 aromatic carbocycles. The van der Waals surface area contributed by atoms with Crippen molar-refractivity contribution in [2.75, 3.05) is 0 Å². The smallest absolute Gasteiger partial charge is 0.343 e. The molecule has 0 radical (unpaired) electrons. The summed E-state index contributed by atoms with van der Waals surface area (Å²) in [4.78, 5) is 12.9. The van der Waals surface area contributed by atoms with E-state index in [-0.39, 0.29) is 5.97 Å². The minimum atomic E-state index is -0.514. The van der Waals surface area contributed by atoms with Gasteiger partial charge in [0.05, 0.1) is 6.20 Å². The van der Waals surface area contributed by atoms with Gasteiger partial charge in [-0.15, -0.1) is 0 Å². The molecule has 2 aromatic rings. The summed E-state index contributed by atoms with van der Waals surface area (Å²) in [5.41, 5.74) is 3.66. The van der Waals surface area contributed by atoms with Gasteiger partial charge in [0.1, 0.15) is 16.3 Å². The van der Waals surface area contributed by atoms with Crippen molar-refractivity contribution in [2.24, 2.45) is 13.0 Å². The molecule has 25 heavy (non-hydrogen) atoms. The first-order chi connectivity index (χ1) is 12.0. The molecule has 4 rings (SSSR count). The molecule has 0 amide bonds. The van der Waals surface area contributed by atoms with Crippen LogP contribution < -0.4 is 0 Å². The molecule has 1 saturated carbocycles. The number of carbonyl (C=O) groups is 1. The quantitative estimate of drug-likeness (QED) is 0.741. The second-order valence-electron chi connectivity index (χ2n) is 7.38. The molecule has 0 N–H and O–H groups in total. The third-order valence-corrected chi connectivity index (χ3v) is 6.38. The van der Waals surface area contributed by atoms with Crippen molar-refractivity contribution < 1.29 is 9.53 Å². The summed E-state index contributed by atoms with van der Waals surface area (Å²) in [5.74, 6) is 0.481. The maximum Gasteiger partial charge on any atom is 0.343 e. The number of benzene rings is 1. The van der Waals surface area contributed by atoms with E-state index < -0.39 is 5.60 Å². The summed E-state index contributed by atoms with van der Waals surface area (Å²) in [6.07, 6.45) is 5.61. The first kappa shape index (κ1) is 16.6. The van der Waals surface area contributed by atoms with Crippen LogP contribution in [0.15, 0.2) is 24.4 Å². The summed E-state index contributed by atoms with van der Waals surface area (Å²) >= 11 is 6.21. The van der Waals surface area contributed by atoms with E-state index in [1.165, 1.54) is 27.6 Å². The maximum absolute atomic E-state index is 12.9. The highest BCUT2D eigenvalue weighted by Crippen LogP contribution is 2.63. The van der Waals surface area contributed by atoms with Crippen LogP contribution in [0.25, 0.3) is 0 Å². The van der Waals surface area contributed by atoms with Gasteiger partial charge >= 0.3 is 5.97 Å². The first-order valence-electron chi connectivity index (χ1n) is 8.99. The lowest BCUT2D eigenvalue weighted by atomic mass is 9.85. The summed E-state index contributed by atoms with van der Waals surface area (Å²) in [7, 11) is 1.72. The van der Waals surface area contributed by atoms with Gasteiger partial charge in [0.25, 0.3) is 0 Å². The van der Waals surface area contributed by atoms with Crippen molar-refractivity contribution in [3.8, 4) is 0 Å². The number of halogens is 1. The third-order valence-electron chi connectivity index (χ3n) is 5.93. The van der Waals surface area contributed by atoms with Crippen molar-refractivity contribution >= 4 is 17.6 Å². The first-order valence-corrected chi connectivity index (χ1v) is 9.37. The second kappa shape index (κ2) is 5.87. The Morgan fingerprint density at radius 1 is 1.48 bits per heavy atom. The van der Waals surface area contributed by atoms with Gasteiger partial charge in [0.15, 0.2) is 0 Å². The zero-order chi connectivity index (χ0) is 17.8. The number of hydrogen-bond donors (Lipinski definition) is 0. The Hall–Kier alpha value is -1.81. The van der Waals surface area contributed by atoms with Crippen molar-refractivity contribution in [2.45, 2.75) is 51.0 Å². The van der Waals surface area contributed by atoms with Crippen molar-refractivity contribution in [1.29, 1.82) is 0 Å². The van der Waals surface area contributed by atoms with E-state index in [1.54, 1.807) is 7.05 Å². The molecule has 0 aliphatic heterocycles. The lowest BCUT2D eigenvalue weighted by Crippen LogP contribution is -2.34. The van der Waals surface area contributed by atoms with Crippen LogP contribution in [0.3, 0.4) is 0 Å². The Morgan fingerprint density at radius 2 is 2.28 bits per heavy atom. The minimum Gasteiger partial charge on any atom is -0.450 e. The molecule has 0 saturated heterocycles. The summed E-state index contributed by atoms with van der Waals surface area (Å²) in [6.45, 7) is 4.32. The zero-order valence-corrected chi connectivity index (χ0v) is 15.6. The topological polar surface area (TPSA) is 44.1 Å². The second-order valence-corrected chi connectivity index (χ2v) is 7.74. The van der Waals surface area contributed by atoms with Gasteiger partial charge in [0, 0.05) is 13.0 Å². The Kier molecular flexibility index (Phi) is 3.91. The number of rotatable bonds is 4. The molecule has 3 unspecified atom stereocenters. The molecule has 3 atom stereocenters. The van der Waals surface area contributed by atoms with E-state index >= 15 is 0 Å². The molecular formula is C20H23ClN2O2. The summed E-state index contributed by atoms with van der Waals surface area (Å²) in [6, 6.07) is 6.55. The van der Waals surface area contributed by atoms with Crippen LogP contribution in [0.2, 0.25) is 5.15 Å². The predicted molar refractivity (Wildman–Crippen MR) is 96.9 cm³/mol. The number of fused-ring (bicyclic) bond motifs is 5. The van der Waals surface area contributed by atoms with E-state index in [4.69, 9.17) is 16.3 Å². The molecule has 1 aromatic heterocycles. The lowest BCUT2D eigenvalue weighted by molar-refractivity contribution is -0.0410. The molecular weight excluding hydrogens is 336 g/mol. The van der Waals surface area contributed by atoms with Gasteiger partial charge in [-0.3, -0.25) is 4.68 Å². The Balaban J connectivity index is 1.75. The number of carbonyl (C=O) groups excluding carboxylic acids is 1. The van der Waals surface area contributed by atoms with E-state index in [1.807, 2.05) is 0 Å². The number of aryl methyl sites for hydroxylation is 2. The molecule has 4 nitrogen and oxygen atoms in total. The lowest BCUT2D eigenvalue weighted by Gasteiger charge is -2.33. The van der Waals surface area contributed by atoms with Crippen LogP contribution in [0.4, 0.5) is 0 Å². The predicted octanol–water partition coefficient (Wildman–Crippen LogP) is 4.74. The summed E-state index contributed by atoms with van der Waals surface area (Å²) < 4.78 is 7.71. The fourth-order valence-corrected chi connectivity index (χ4v) is 5.04. The Labute approximate surface area is 153 Å². The monoisotopic (exact) mass is 358 g/mol. The van der Waals surface area contributed by atoms with Gasteiger partial charge in [-0.2, -0.15) is 5.10 Å². The fraction of sp³-hybridized carbons (Fsp3) is 0.500. The third kappa shape index (κ3) is 2.34. The minimum absolute atomic E-state index is 0.324. The van der Waals surface area contributed by atoms with Gasteiger partial charge in [0.2, 0.25) is 0 Å². The average Bonchev–Trinajstić information content (AvgIpc) is 3.17. The number of nitrogens with zero attached hydrogens (tertiary/aromatic N) is 2. The van der Waals surface area contributed by atoms with Crippen molar-refractivity contribution in [3.05, 3.63) is 51.8 Å². The van der Waals surface area contributed by atoms with Crippen LogP contribution >= 0.6 is 11.6 Å². The molecule has 5 heteroatoms. The van der Waals surface area contributed by atoms with Crippen LogP contribution in [-0.2, 0) is 17.4 Å². The van der Waals surface area contributed by atoms with Crippen LogP contribution in [0.5, 0.6) is 0 Å². The zero-order valence-electron chi connectivity index (χ0n) is 14.9.